The number of carbonyl (C=O) groups is 4. The Kier molecular flexibility index (Phi) is 8.29. The summed E-state index contributed by atoms with van der Waals surface area (Å²) in [6, 6.07) is -2.16. The average Bonchev–Trinajstić information content (AvgIpc) is 3.73. The normalized spacial score (nSPS) is 33.0. The Bertz CT molecular complexity index is 1130. The van der Waals surface area contributed by atoms with Crippen LogP contribution < -0.4 is 15.4 Å². The van der Waals surface area contributed by atoms with E-state index in [2.05, 4.69) is 15.4 Å². The van der Waals surface area contributed by atoms with Crippen molar-refractivity contribution in [2.75, 3.05) is 19.8 Å². The fraction of sp³-hybridized carbons (Fsp3) is 0.760. The molecule has 218 valence electrons. The fourth-order valence-electron chi connectivity index (χ4n) is 4.94. The third kappa shape index (κ3) is 7.09. The van der Waals surface area contributed by atoms with Crippen LogP contribution in [0.25, 0.3) is 0 Å². The number of aliphatic hydroxyl groups excluding tert-OH is 1. The van der Waals surface area contributed by atoms with Gasteiger partial charge in [-0.05, 0) is 52.9 Å². The maximum absolute atomic E-state index is 13.6. The van der Waals surface area contributed by atoms with Crippen molar-refractivity contribution in [2.24, 2.45) is 5.92 Å². The first-order valence-electron chi connectivity index (χ1n) is 13.3. The number of hydrogen-bond acceptors (Lipinski definition) is 9. The number of rotatable bonds is 4. The third-order valence-electron chi connectivity index (χ3n) is 7.18. The highest BCUT2D eigenvalue weighted by molar-refractivity contribution is 7.91. The molecule has 0 bridgehead atoms. The summed E-state index contributed by atoms with van der Waals surface area (Å²) in [5.41, 5.74) is -2.30. The number of carbonyl (C=O) groups excluding carboxylic acids is 4. The fourth-order valence-corrected chi connectivity index (χ4v) is 6.30. The summed E-state index contributed by atoms with van der Waals surface area (Å²) in [5, 5.41) is 15.0. The summed E-state index contributed by atoms with van der Waals surface area (Å²) in [6.45, 7) is 5.42. The second-order valence-corrected chi connectivity index (χ2v) is 13.6. The van der Waals surface area contributed by atoms with Crippen molar-refractivity contribution in [1.82, 2.24) is 20.3 Å². The predicted octanol–water partition coefficient (Wildman–Crippen LogP) is -0.309. The van der Waals surface area contributed by atoms with Crippen LogP contribution in [0.1, 0.15) is 59.3 Å². The highest BCUT2D eigenvalue weighted by atomic mass is 32.2. The lowest BCUT2D eigenvalue weighted by Crippen LogP contribution is -2.58. The molecule has 2 aliphatic carbocycles. The van der Waals surface area contributed by atoms with Crippen molar-refractivity contribution in [3.05, 3.63) is 12.2 Å². The Hall–Kier alpha value is -2.71. The van der Waals surface area contributed by atoms with Crippen molar-refractivity contribution in [1.29, 1.82) is 0 Å². The van der Waals surface area contributed by atoms with Crippen LogP contribution in [-0.2, 0) is 33.9 Å². The number of sulfonamides is 1. The molecular weight excluding hydrogens is 532 g/mol. The number of alkyl carbamates (subject to hydrolysis) is 1. The number of hydrogen-bond donors (Lipinski definition) is 4. The molecule has 4 amide bonds. The molecule has 3 fully saturated rings. The minimum absolute atomic E-state index is 0.0710. The van der Waals surface area contributed by atoms with E-state index >= 15 is 0 Å². The van der Waals surface area contributed by atoms with Gasteiger partial charge in [0.25, 0.3) is 5.91 Å². The van der Waals surface area contributed by atoms with Crippen LogP contribution in [0.3, 0.4) is 0 Å². The Morgan fingerprint density at radius 2 is 1.95 bits per heavy atom. The van der Waals surface area contributed by atoms with E-state index in [0.717, 1.165) is 0 Å². The van der Waals surface area contributed by atoms with Gasteiger partial charge in [0.15, 0.2) is 0 Å². The molecule has 14 heteroatoms. The Labute approximate surface area is 228 Å². The largest absolute Gasteiger partial charge is 0.444 e. The van der Waals surface area contributed by atoms with Gasteiger partial charge in [-0.2, -0.15) is 0 Å². The molecule has 4 aliphatic rings. The van der Waals surface area contributed by atoms with Gasteiger partial charge in [0.05, 0.1) is 18.0 Å². The van der Waals surface area contributed by atoms with Gasteiger partial charge in [-0.3, -0.25) is 19.1 Å². The van der Waals surface area contributed by atoms with Crippen molar-refractivity contribution < 1.29 is 42.2 Å². The van der Waals surface area contributed by atoms with Gasteiger partial charge in [-0.25, -0.2) is 13.2 Å². The van der Waals surface area contributed by atoms with Crippen LogP contribution >= 0.6 is 0 Å². The molecule has 0 aromatic carbocycles. The Balaban J connectivity index is 1.57. The topological polar surface area (TPSA) is 180 Å². The van der Waals surface area contributed by atoms with Crippen molar-refractivity contribution >= 4 is 33.8 Å². The maximum Gasteiger partial charge on any atom is 0.408 e. The number of nitrogens with one attached hydrogen (secondary N) is 3. The minimum Gasteiger partial charge on any atom is -0.444 e. The molecule has 39 heavy (non-hydrogen) atoms. The van der Waals surface area contributed by atoms with Gasteiger partial charge in [-0.1, -0.05) is 12.2 Å². The van der Waals surface area contributed by atoms with Crippen LogP contribution in [0.4, 0.5) is 4.79 Å². The highest BCUT2D eigenvalue weighted by Gasteiger charge is 2.62. The highest BCUT2D eigenvalue weighted by Crippen LogP contribution is 2.46. The molecule has 1 saturated heterocycles. The first-order chi connectivity index (χ1) is 18.2. The Morgan fingerprint density at radius 3 is 2.62 bits per heavy atom. The van der Waals surface area contributed by atoms with E-state index in [1.54, 1.807) is 32.9 Å². The zero-order chi connectivity index (χ0) is 28.6. The second kappa shape index (κ2) is 11.0. The van der Waals surface area contributed by atoms with Gasteiger partial charge in [0.2, 0.25) is 21.8 Å². The molecule has 2 saturated carbocycles. The summed E-state index contributed by atoms with van der Waals surface area (Å²) in [7, 11) is -3.85. The second-order valence-electron chi connectivity index (χ2n) is 11.7. The molecule has 13 nitrogen and oxygen atoms in total. The molecule has 4 N–H and O–H groups in total. The van der Waals surface area contributed by atoms with Gasteiger partial charge in [0, 0.05) is 25.5 Å². The lowest BCUT2D eigenvalue weighted by Gasteiger charge is -2.30. The molecule has 4 rings (SSSR count). The summed E-state index contributed by atoms with van der Waals surface area (Å²) in [4.78, 5) is 54.0. The van der Waals surface area contributed by atoms with Gasteiger partial charge in [0.1, 0.15) is 23.2 Å². The van der Waals surface area contributed by atoms with E-state index in [1.807, 2.05) is 0 Å². The standard InChI is InChI=1S/C25H38N4O9S/c1-24(2,3)38-23(34)26-18-7-5-11-37-10-4-6-15-13-25(15,22(33)28-39(35,36)17-8-9-17)27-20(31)19-12-16(30)14-29(19)21(18)32/h4,6,15-19,30H,5,7-14H2,1-3H3,(H,26,34)(H,27,31)(H,28,33)/b6-4+. The van der Waals surface area contributed by atoms with Crippen molar-refractivity contribution in [2.45, 2.75) is 93.9 Å². The van der Waals surface area contributed by atoms with Crippen molar-refractivity contribution in [3.63, 3.8) is 0 Å². The number of amides is 4. The van der Waals surface area contributed by atoms with E-state index in [4.69, 9.17) is 9.47 Å². The Morgan fingerprint density at radius 1 is 1.23 bits per heavy atom. The van der Waals surface area contributed by atoms with Crippen LogP contribution in [-0.4, -0.2) is 96.6 Å². The van der Waals surface area contributed by atoms with Crippen LogP contribution in [0, 0.1) is 5.92 Å². The summed E-state index contributed by atoms with van der Waals surface area (Å²) in [6.07, 6.45) is 3.29. The molecular formula is C25H38N4O9S. The van der Waals surface area contributed by atoms with E-state index < -0.39 is 74.3 Å². The third-order valence-corrected chi connectivity index (χ3v) is 9.00. The summed E-state index contributed by atoms with van der Waals surface area (Å²) in [5.74, 6) is -2.56. The molecule has 5 unspecified atom stereocenters. The zero-order valence-corrected chi connectivity index (χ0v) is 23.3. The minimum atomic E-state index is -3.85. The maximum atomic E-state index is 13.6. The van der Waals surface area contributed by atoms with E-state index in [9.17, 15) is 32.7 Å². The first kappa shape index (κ1) is 29.3. The van der Waals surface area contributed by atoms with Crippen molar-refractivity contribution in [3.8, 4) is 0 Å². The number of fused-ring (bicyclic) bond motifs is 2. The van der Waals surface area contributed by atoms with E-state index in [0.29, 0.717) is 19.3 Å². The average molecular weight is 571 g/mol. The lowest BCUT2D eigenvalue weighted by atomic mass is 10.1. The van der Waals surface area contributed by atoms with E-state index in [-0.39, 0.29) is 39.0 Å². The SMILES string of the molecule is CC(C)(C)OC(=O)NC1CCCOC/C=C/C2CC2(C(=O)NS(=O)(=O)C2CC2)NC(=O)C2CC(O)CN2C1=O. The zero-order valence-electron chi connectivity index (χ0n) is 22.5. The summed E-state index contributed by atoms with van der Waals surface area (Å²) < 4.78 is 37.9. The molecule has 0 radical (unpaired) electrons. The molecule has 2 aliphatic heterocycles. The van der Waals surface area contributed by atoms with E-state index in [1.165, 1.54) is 4.90 Å². The number of nitrogens with zero attached hydrogens (tertiary/aromatic N) is 1. The monoisotopic (exact) mass is 570 g/mol. The predicted molar refractivity (Wildman–Crippen MR) is 138 cm³/mol. The number of aliphatic hydroxyl groups is 1. The quantitative estimate of drug-likeness (QED) is 0.330. The van der Waals surface area contributed by atoms with Gasteiger partial charge < -0.3 is 30.1 Å². The molecule has 0 aromatic rings. The molecule has 0 spiro atoms. The van der Waals surface area contributed by atoms with Crippen LogP contribution in [0.2, 0.25) is 0 Å². The first-order valence-corrected chi connectivity index (χ1v) is 14.9. The lowest BCUT2D eigenvalue weighted by molar-refractivity contribution is -0.141. The molecule has 2 heterocycles. The summed E-state index contributed by atoms with van der Waals surface area (Å²) >= 11 is 0. The van der Waals surface area contributed by atoms with Crippen LogP contribution in [0.15, 0.2) is 12.2 Å². The molecule has 0 aromatic heterocycles. The number of ether oxygens (including phenoxy) is 2. The van der Waals surface area contributed by atoms with Crippen LogP contribution in [0.5, 0.6) is 0 Å². The molecule has 5 atom stereocenters. The van der Waals surface area contributed by atoms with Gasteiger partial charge in [-0.15, -0.1) is 0 Å². The smallest absolute Gasteiger partial charge is 0.408 e. The van der Waals surface area contributed by atoms with Gasteiger partial charge >= 0.3 is 6.09 Å².